The van der Waals surface area contributed by atoms with Crippen LogP contribution in [-0.4, -0.2) is 50.8 Å². The Morgan fingerprint density at radius 2 is 1.92 bits per heavy atom. The molecule has 0 unspecified atom stereocenters. The van der Waals surface area contributed by atoms with Gasteiger partial charge < -0.3 is 19.5 Å². The molecule has 25 heavy (non-hydrogen) atoms. The molecule has 0 radical (unpaired) electrons. The molecule has 0 aliphatic carbocycles. The van der Waals surface area contributed by atoms with Crippen molar-refractivity contribution in [3.8, 4) is 0 Å². The van der Waals surface area contributed by atoms with Crippen molar-refractivity contribution >= 4 is 12.0 Å². The van der Waals surface area contributed by atoms with Gasteiger partial charge in [0.25, 0.3) is 5.91 Å². The number of hydrogen-bond acceptors (Lipinski definition) is 4. The normalized spacial score (nSPS) is 16.2. The first-order valence-corrected chi connectivity index (χ1v) is 7.78. The van der Waals surface area contributed by atoms with Crippen LogP contribution in [0.2, 0.25) is 0 Å². The first-order valence-electron chi connectivity index (χ1n) is 7.78. The Morgan fingerprint density at radius 1 is 1.28 bits per heavy atom. The molecule has 0 bridgehead atoms. The summed E-state index contributed by atoms with van der Waals surface area (Å²) in [5, 5.41) is 1.88. The van der Waals surface area contributed by atoms with Gasteiger partial charge in [-0.1, -0.05) is 0 Å². The third kappa shape index (κ3) is 4.64. The average molecular weight is 362 g/mol. The lowest BCUT2D eigenvalue weighted by Gasteiger charge is -2.31. The number of aromatic nitrogens is 2. The molecular formula is C15H21F3N4O3. The highest BCUT2D eigenvalue weighted by molar-refractivity contribution is 5.93. The molecule has 1 aliphatic rings. The number of nitrogens with one attached hydrogen (secondary N) is 1. The molecule has 7 nitrogen and oxygen atoms in total. The minimum Gasteiger partial charge on any atom is -0.444 e. The molecule has 1 aromatic rings. The van der Waals surface area contributed by atoms with Gasteiger partial charge in [0, 0.05) is 13.1 Å². The van der Waals surface area contributed by atoms with Crippen molar-refractivity contribution in [3.05, 3.63) is 17.7 Å². The molecule has 1 atom stereocenters. The summed E-state index contributed by atoms with van der Waals surface area (Å²) < 4.78 is 44.8. The number of fused-ring (bicyclic) bond motifs is 1. The van der Waals surface area contributed by atoms with Crippen LogP contribution in [0.5, 0.6) is 0 Å². The largest absolute Gasteiger partial charge is 0.444 e. The predicted octanol–water partition coefficient (Wildman–Crippen LogP) is 2.31. The van der Waals surface area contributed by atoms with Gasteiger partial charge in [-0.15, -0.1) is 0 Å². The maximum Gasteiger partial charge on any atom is 0.410 e. The molecule has 0 spiro atoms. The van der Waals surface area contributed by atoms with Gasteiger partial charge in [0.1, 0.15) is 11.6 Å². The van der Waals surface area contributed by atoms with Gasteiger partial charge in [-0.3, -0.25) is 4.79 Å². The molecule has 1 aromatic heterocycles. The molecule has 140 valence electrons. The van der Waals surface area contributed by atoms with Crippen LogP contribution in [0.25, 0.3) is 0 Å². The molecule has 0 saturated heterocycles. The minimum atomic E-state index is -4.54. The summed E-state index contributed by atoms with van der Waals surface area (Å²) in [7, 11) is 0. The fraction of sp³-hybridized carbons (Fsp3) is 0.667. The summed E-state index contributed by atoms with van der Waals surface area (Å²) in [4.78, 5) is 29.6. The van der Waals surface area contributed by atoms with Crippen LogP contribution in [0.3, 0.4) is 0 Å². The van der Waals surface area contributed by atoms with Gasteiger partial charge in [-0.25, -0.2) is 9.78 Å². The van der Waals surface area contributed by atoms with Crippen LogP contribution >= 0.6 is 0 Å². The number of hydrogen-bond donors (Lipinski definition) is 1. The lowest BCUT2D eigenvalue weighted by atomic mass is 10.2. The second-order valence-corrected chi connectivity index (χ2v) is 6.87. The number of alkyl halides is 3. The van der Waals surface area contributed by atoms with Crippen molar-refractivity contribution in [1.29, 1.82) is 0 Å². The summed E-state index contributed by atoms with van der Waals surface area (Å²) in [5.41, 5.74) is -0.412. The van der Waals surface area contributed by atoms with Gasteiger partial charge in [-0.05, 0) is 27.7 Å². The van der Waals surface area contributed by atoms with E-state index in [0.29, 0.717) is 18.8 Å². The summed E-state index contributed by atoms with van der Waals surface area (Å²) >= 11 is 0. The second-order valence-electron chi connectivity index (χ2n) is 6.87. The molecule has 0 saturated carbocycles. The van der Waals surface area contributed by atoms with Crippen LogP contribution < -0.4 is 5.32 Å². The zero-order valence-electron chi connectivity index (χ0n) is 14.5. The van der Waals surface area contributed by atoms with E-state index in [1.807, 2.05) is 5.32 Å². The van der Waals surface area contributed by atoms with E-state index in [1.54, 1.807) is 25.3 Å². The van der Waals surface area contributed by atoms with Gasteiger partial charge in [0.05, 0.1) is 18.6 Å². The van der Waals surface area contributed by atoms with E-state index in [0.717, 1.165) is 6.92 Å². The average Bonchev–Trinajstić information content (AvgIpc) is 2.87. The van der Waals surface area contributed by atoms with Crippen molar-refractivity contribution in [2.24, 2.45) is 0 Å². The number of carbonyl (C=O) groups is 2. The SMILES string of the molecule is C[C@@H](NC(=O)c1ncn2c1CN(C(=O)OC(C)(C)C)CC2)C(F)(F)F. The zero-order chi connectivity index (χ0) is 19.0. The van der Waals surface area contributed by atoms with E-state index < -0.39 is 29.8 Å². The van der Waals surface area contributed by atoms with E-state index in [-0.39, 0.29) is 12.2 Å². The predicted molar refractivity (Wildman–Crippen MR) is 81.9 cm³/mol. The fourth-order valence-electron chi connectivity index (χ4n) is 2.27. The minimum absolute atomic E-state index is 0.0397. The van der Waals surface area contributed by atoms with Gasteiger partial charge in [0.2, 0.25) is 0 Å². The van der Waals surface area contributed by atoms with Crippen molar-refractivity contribution in [2.75, 3.05) is 6.54 Å². The summed E-state index contributed by atoms with van der Waals surface area (Å²) in [6.45, 7) is 6.83. The maximum absolute atomic E-state index is 12.6. The third-order valence-electron chi connectivity index (χ3n) is 3.60. The molecule has 2 rings (SSSR count). The Labute approximate surface area is 143 Å². The van der Waals surface area contributed by atoms with Gasteiger partial charge in [-0.2, -0.15) is 13.2 Å². The van der Waals surface area contributed by atoms with Crippen molar-refractivity contribution in [3.63, 3.8) is 0 Å². The standard InChI is InChI=1S/C15H21F3N4O3/c1-9(15(16,17)18)20-12(23)11-10-7-21(5-6-22(10)8-19-11)13(24)25-14(2,3)4/h8-9H,5-7H2,1-4H3,(H,20,23)/t9-/m1/s1. The molecule has 0 aromatic carbocycles. The number of nitrogens with zero attached hydrogens (tertiary/aromatic N) is 3. The van der Waals surface area contributed by atoms with Crippen LogP contribution in [0.15, 0.2) is 6.33 Å². The first-order chi connectivity index (χ1) is 11.4. The second kappa shape index (κ2) is 6.57. The molecule has 1 aliphatic heterocycles. The Kier molecular flexibility index (Phi) is 5.01. The quantitative estimate of drug-likeness (QED) is 0.876. The number of carbonyl (C=O) groups excluding carboxylic acids is 2. The van der Waals surface area contributed by atoms with Crippen LogP contribution in [-0.2, 0) is 17.8 Å². The van der Waals surface area contributed by atoms with E-state index in [4.69, 9.17) is 4.74 Å². The van der Waals surface area contributed by atoms with Crippen LogP contribution in [0.1, 0.15) is 43.9 Å². The smallest absolute Gasteiger partial charge is 0.410 e. The van der Waals surface area contributed by atoms with E-state index in [2.05, 4.69) is 4.98 Å². The van der Waals surface area contributed by atoms with Crippen molar-refractivity contribution in [2.45, 2.75) is 58.6 Å². The highest BCUT2D eigenvalue weighted by atomic mass is 19.4. The van der Waals surface area contributed by atoms with Gasteiger partial charge >= 0.3 is 12.3 Å². The lowest BCUT2D eigenvalue weighted by molar-refractivity contribution is -0.149. The number of rotatable bonds is 2. The van der Waals surface area contributed by atoms with E-state index >= 15 is 0 Å². The third-order valence-corrected chi connectivity index (χ3v) is 3.60. The maximum atomic E-state index is 12.6. The first kappa shape index (κ1) is 19.1. The van der Waals surface area contributed by atoms with E-state index in [1.165, 1.54) is 11.2 Å². The van der Waals surface area contributed by atoms with Crippen LogP contribution in [0, 0.1) is 0 Å². The Morgan fingerprint density at radius 3 is 2.48 bits per heavy atom. The summed E-state index contributed by atoms with van der Waals surface area (Å²) in [6, 6.07) is -2.00. The van der Waals surface area contributed by atoms with Crippen LogP contribution in [0.4, 0.5) is 18.0 Å². The van der Waals surface area contributed by atoms with Crippen molar-refractivity contribution < 1.29 is 27.5 Å². The number of amides is 2. The van der Waals surface area contributed by atoms with Gasteiger partial charge in [0.15, 0.2) is 5.69 Å². The highest BCUT2D eigenvalue weighted by Gasteiger charge is 2.38. The monoisotopic (exact) mass is 362 g/mol. The highest BCUT2D eigenvalue weighted by Crippen LogP contribution is 2.22. The topological polar surface area (TPSA) is 76.5 Å². The molecule has 1 N–H and O–H groups in total. The molecule has 2 heterocycles. The Balaban J connectivity index is 2.13. The number of halogens is 3. The lowest BCUT2D eigenvalue weighted by Crippen LogP contribution is -2.44. The zero-order valence-corrected chi connectivity index (χ0v) is 14.5. The molecule has 10 heteroatoms. The molecule has 2 amide bonds. The molecule has 0 fully saturated rings. The Hall–Kier alpha value is -2.26. The fourth-order valence-corrected chi connectivity index (χ4v) is 2.27. The Bertz CT molecular complexity index is 664. The summed E-state index contributed by atoms with van der Waals surface area (Å²) in [5.74, 6) is -0.926. The molecular weight excluding hydrogens is 341 g/mol. The number of ether oxygens (including phenoxy) is 1. The number of imidazole rings is 1. The van der Waals surface area contributed by atoms with E-state index in [9.17, 15) is 22.8 Å². The summed E-state index contributed by atoms with van der Waals surface area (Å²) in [6.07, 6.45) is -3.71. The van der Waals surface area contributed by atoms with Crippen molar-refractivity contribution in [1.82, 2.24) is 19.8 Å².